The van der Waals surface area contributed by atoms with E-state index in [1.807, 2.05) is 12.1 Å². The molecule has 1 aromatic carbocycles. The third-order valence-corrected chi connectivity index (χ3v) is 2.46. The highest BCUT2D eigenvalue weighted by atomic mass is 32.2. The van der Waals surface area contributed by atoms with Crippen molar-refractivity contribution in [1.82, 2.24) is 0 Å². The number of rotatable bonds is 4. The Morgan fingerprint density at radius 3 is 2.77 bits per heavy atom. The van der Waals surface area contributed by atoms with Gasteiger partial charge in [-0.2, -0.15) is 0 Å². The van der Waals surface area contributed by atoms with E-state index < -0.39 is 11.2 Å². The topological polar surface area (TPSA) is 52.5 Å². The van der Waals surface area contributed by atoms with E-state index in [0.29, 0.717) is 10.6 Å². The predicted molar refractivity (Wildman–Crippen MR) is 51.4 cm³/mol. The van der Waals surface area contributed by atoms with Crippen molar-refractivity contribution >= 4 is 11.2 Å². The fourth-order valence-corrected chi connectivity index (χ4v) is 1.64. The number of hydrogen-bond donors (Lipinski definition) is 1. The van der Waals surface area contributed by atoms with Gasteiger partial charge in [0.1, 0.15) is 12.9 Å². The Hall–Kier alpha value is -0.710. The molecule has 1 atom stereocenters. The Morgan fingerprint density at radius 1 is 1.46 bits per heavy atom. The van der Waals surface area contributed by atoms with Crippen LogP contribution in [0.5, 0.6) is 5.75 Å². The van der Waals surface area contributed by atoms with E-state index in [1.165, 1.54) is 0 Å². The Kier molecular flexibility index (Phi) is 4.08. The van der Waals surface area contributed by atoms with Gasteiger partial charge >= 0.3 is 0 Å². The first kappa shape index (κ1) is 10.4. The van der Waals surface area contributed by atoms with Gasteiger partial charge in [0.15, 0.2) is 10.6 Å². The maximum Gasteiger partial charge on any atom is 0.194 e. The van der Waals surface area contributed by atoms with Crippen LogP contribution in [0, 0.1) is 0 Å². The molecule has 0 aliphatic heterocycles. The van der Waals surface area contributed by atoms with Crippen molar-refractivity contribution in [2.45, 2.75) is 4.90 Å². The van der Waals surface area contributed by atoms with Crippen LogP contribution < -0.4 is 4.74 Å². The molecule has 3 nitrogen and oxygen atoms in total. The summed E-state index contributed by atoms with van der Waals surface area (Å²) in [7, 11) is 0. The van der Waals surface area contributed by atoms with E-state index in [1.54, 1.807) is 18.4 Å². The number of hydrogen-bond acceptors (Lipinski definition) is 3. The second-order valence-corrected chi connectivity index (χ2v) is 3.82. The highest BCUT2D eigenvalue weighted by Crippen LogP contribution is 2.22. The van der Waals surface area contributed by atoms with Crippen molar-refractivity contribution in [2.24, 2.45) is 0 Å². The largest absolute Gasteiger partial charge is 0.612 e. The molecule has 0 saturated heterocycles. The van der Waals surface area contributed by atoms with E-state index in [-0.39, 0.29) is 13.2 Å². The molecule has 0 fully saturated rings. The zero-order valence-electron chi connectivity index (χ0n) is 7.40. The van der Waals surface area contributed by atoms with E-state index in [4.69, 9.17) is 9.84 Å². The molecule has 4 heteroatoms. The molecule has 1 unspecified atom stereocenters. The maximum absolute atomic E-state index is 11.2. The van der Waals surface area contributed by atoms with Crippen LogP contribution in [-0.2, 0) is 11.2 Å². The summed E-state index contributed by atoms with van der Waals surface area (Å²) in [6, 6.07) is 7.11. The summed E-state index contributed by atoms with van der Waals surface area (Å²) in [5.41, 5.74) is 0. The van der Waals surface area contributed by atoms with Gasteiger partial charge in [0.25, 0.3) is 0 Å². The maximum atomic E-state index is 11.2. The molecule has 0 heterocycles. The van der Waals surface area contributed by atoms with Gasteiger partial charge in [0, 0.05) is 0 Å². The molecular weight excluding hydrogens is 188 g/mol. The molecule has 1 N–H and O–H groups in total. The average molecular weight is 200 g/mol. The molecule has 1 rings (SSSR count). The lowest BCUT2D eigenvalue weighted by atomic mass is 10.3. The molecule has 0 saturated carbocycles. The van der Waals surface area contributed by atoms with Crippen LogP contribution >= 0.6 is 0 Å². The van der Waals surface area contributed by atoms with Crippen LogP contribution in [0.4, 0.5) is 0 Å². The van der Waals surface area contributed by atoms with E-state index >= 15 is 0 Å². The van der Waals surface area contributed by atoms with Crippen molar-refractivity contribution < 1.29 is 14.4 Å². The van der Waals surface area contributed by atoms with Crippen LogP contribution in [0.2, 0.25) is 0 Å². The molecule has 0 spiro atoms. The van der Waals surface area contributed by atoms with Crippen LogP contribution in [-0.4, -0.2) is 29.1 Å². The second-order valence-electron chi connectivity index (χ2n) is 2.47. The molecule has 1 aromatic rings. The van der Waals surface area contributed by atoms with Crippen molar-refractivity contribution in [3.05, 3.63) is 24.3 Å². The Bertz CT molecular complexity index is 263. The fourth-order valence-electron chi connectivity index (χ4n) is 0.962. The van der Waals surface area contributed by atoms with Crippen LogP contribution in [0.25, 0.3) is 0 Å². The minimum atomic E-state index is -1.05. The molecule has 72 valence electrons. The summed E-state index contributed by atoms with van der Waals surface area (Å²) in [5, 5.41) is 8.56. The van der Waals surface area contributed by atoms with Gasteiger partial charge in [-0.1, -0.05) is 12.1 Å². The zero-order chi connectivity index (χ0) is 9.68. The summed E-state index contributed by atoms with van der Waals surface area (Å²) >= 11 is -1.05. The molecule has 0 radical (unpaired) electrons. The highest BCUT2D eigenvalue weighted by Gasteiger charge is 2.11. The first-order chi connectivity index (χ1) is 6.25. The van der Waals surface area contributed by atoms with Gasteiger partial charge in [-0.15, -0.1) is 0 Å². The lowest BCUT2D eigenvalue weighted by molar-refractivity contribution is 0.198. The molecular formula is C9H12O3S. The molecule has 13 heavy (non-hydrogen) atoms. The Balaban J connectivity index is 2.78. The summed E-state index contributed by atoms with van der Waals surface area (Å²) in [4.78, 5) is 0.663. The summed E-state index contributed by atoms with van der Waals surface area (Å²) in [6.45, 7) is 0.193. The summed E-state index contributed by atoms with van der Waals surface area (Å²) < 4.78 is 16.4. The first-order valence-corrected chi connectivity index (χ1v) is 5.47. The standard InChI is InChI=1S/C9H12O3S/c1-13(11)9-5-3-2-4-8(9)12-7-6-10/h2-5,10H,6-7H2,1H3. The second kappa shape index (κ2) is 5.11. The molecule has 0 aliphatic carbocycles. The van der Waals surface area contributed by atoms with Gasteiger partial charge in [0.05, 0.1) is 6.61 Å². The number of ether oxygens (including phenoxy) is 1. The Labute approximate surface area is 80.5 Å². The summed E-state index contributed by atoms with van der Waals surface area (Å²) in [6.07, 6.45) is 1.60. The van der Waals surface area contributed by atoms with Crippen molar-refractivity contribution in [2.75, 3.05) is 19.5 Å². The smallest absolute Gasteiger partial charge is 0.194 e. The van der Waals surface area contributed by atoms with Gasteiger partial charge in [-0.25, -0.2) is 0 Å². The lowest BCUT2D eigenvalue weighted by Gasteiger charge is -2.10. The number of benzene rings is 1. The van der Waals surface area contributed by atoms with Crippen LogP contribution in [0.15, 0.2) is 29.2 Å². The van der Waals surface area contributed by atoms with Crippen molar-refractivity contribution in [1.29, 1.82) is 0 Å². The fraction of sp³-hybridized carbons (Fsp3) is 0.333. The predicted octanol–water partition coefficient (Wildman–Crippen LogP) is 0.795. The minimum absolute atomic E-state index is 0.0370. The number of aliphatic hydroxyl groups excluding tert-OH is 1. The molecule has 0 bridgehead atoms. The van der Waals surface area contributed by atoms with Gasteiger partial charge < -0.3 is 14.4 Å². The molecule has 0 aliphatic rings. The van der Waals surface area contributed by atoms with Crippen LogP contribution in [0.3, 0.4) is 0 Å². The van der Waals surface area contributed by atoms with Crippen molar-refractivity contribution in [3.63, 3.8) is 0 Å². The molecule has 0 aromatic heterocycles. The monoisotopic (exact) mass is 200 g/mol. The Morgan fingerprint density at radius 2 is 2.15 bits per heavy atom. The average Bonchev–Trinajstić information content (AvgIpc) is 2.15. The van der Waals surface area contributed by atoms with Gasteiger partial charge in [-0.05, 0) is 23.3 Å². The first-order valence-electron chi connectivity index (χ1n) is 3.92. The lowest BCUT2D eigenvalue weighted by Crippen LogP contribution is -2.06. The number of aliphatic hydroxyl groups is 1. The highest BCUT2D eigenvalue weighted by molar-refractivity contribution is 7.90. The SMILES string of the molecule is C[S+]([O-])c1ccccc1OCCO. The number of para-hydroxylation sites is 1. The third kappa shape index (κ3) is 2.91. The quantitative estimate of drug-likeness (QED) is 0.731. The normalized spacial score (nSPS) is 12.5. The van der Waals surface area contributed by atoms with Crippen molar-refractivity contribution in [3.8, 4) is 5.75 Å². The summed E-state index contributed by atoms with van der Waals surface area (Å²) in [5.74, 6) is 0.581. The van der Waals surface area contributed by atoms with E-state index in [9.17, 15) is 4.55 Å². The van der Waals surface area contributed by atoms with E-state index in [2.05, 4.69) is 0 Å². The van der Waals surface area contributed by atoms with Crippen LogP contribution in [0.1, 0.15) is 0 Å². The van der Waals surface area contributed by atoms with E-state index in [0.717, 1.165) is 0 Å². The minimum Gasteiger partial charge on any atom is -0.612 e. The van der Waals surface area contributed by atoms with Gasteiger partial charge in [0.2, 0.25) is 0 Å². The molecule has 0 amide bonds. The van der Waals surface area contributed by atoms with Gasteiger partial charge in [-0.3, -0.25) is 0 Å². The third-order valence-electron chi connectivity index (χ3n) is 1.51. The zero-order valence-corrected chi connectivity index (χ0v) is 8.21.